The van der Waals surface area contributed by atoms with Gasteiger partial charge in [0.2, 0.25) is 0 Å². The van der Waals surface area contributed by atoms with E-state index in [1.807, 2.05) is 6.92 Å². The molecule has 0 unspecified atom stereocenters. The topological polar surface area (TPSA) is 60.9 Å². The van der Waals surface area contributed by atoms with Gasteiger partial charge in [-0.25, -0.2) is 0 Å². The van der Waals surface area contributed by atoms with Gasteiger partial charge in [0.1, 0.15) is 0 Å². The summed E-state index contributed by atoms with van der Waals surface area (Å²) in [5, 5.41) is 4.88. The van der Waals surface area contributed by atoms with Gasteiger partial charge in [0.25, 0.3) is 0 Å². The highest BCUT2D eigenvalue weighted by atomic mass is 79.9. The Hall–Kier alpha value is -1.33. The number of ketones is 1. The Morgan fingerprint density at radius 2 is 2.20 bits per heavy atom. The van der Waals surface area contributed by atoms with Crippen molar-refractivity contribution in [3.05, 3.63) is 44.6 Å². The lowest BCUT2D eigenvalue weighted by molar-refractivity contribution is 0.0990. The Labute approximate surface area is 131 Å². The summed E-state index contributed by atoms with van der Waals surface area (Å²) in [6.45, 7) is 1.98. The van der Waals surface area contributed by atoms with Crippen LogP contribution in [0.3, 0.4) is 0 Å². The van der Waals surface area contributed by atoms with Crippen LogP contribution in [0.4, 0.5) is 5.69 Å². The molecule has 0 amide bonds. The molecule has 0 fully saturated rings. The molecule has 0 bridgehead atoms. The van der Waals surface area contributed by atoms with Crippen molar-refractivity contribution < 1.29 is 4.79 Å². The van der Waals surface area contributed by atoms with E-state index >= 15 is 0 Å². The van der Waals surface area contributed by atoms with Crippen LogP contribution >= 0.6 is 27.5 Å². The minimum atomic E-state index is -0.0447. The first-order valence-electron chi connectivity index (χ1n) is 6.22. The minimum absolute atomic E-state index is 0.0447. The molecule has 20 heavy (non-hydrogen) atoms. The zero-order valence-electron chi connectivity index (χ0n) is 11.3. The third-order valence-electron chi connectivity index (χ3n) is 3.12. The predicted molar refractivity (Wildman–Crippen MR) is 84.2 cm³/mol. The number of hydrogen-bond acceptors (Lipinski definition) is 3. The van der Waals surface area contributed by atoms with Crippen molar-refractivity contribution in [1.82, 2.24) is 9.78 Å². The second kappa shape index (κ2) is 5.97. The van der Waals surface area contributed by atoms with Gasteiger partial charge in [-0.2, -0.15) is 5.10 Å². The van der Waals surface area contributed by atoms with Crippen molar-refractivity contribution in [3.8, 4) is 0 Å². The third kappa shape index (κ3) is 2.88. The molecule has 6 heteroatoms. The van der Waals surface area contributed by atoms with Crippen LogP contribution in [-0.4, -0.2) is 15.6 Å². The van der Waals surface area contributed by atoms with Gasteiger partial charge in [0, 0.05) is 22.8 Å². The van der Waals surface area contributed by atoms with Crippen molar-refractivity contribution in [2.45, 2.75) is 19.8 Å². The SMILES string of the molecule is CCc1nn(C)c(CC(=O)c2cc(N)ccc2Br)c1Cl. The van der Waals surface area contributed by atoms with E-state index in [1.54, 1.807) is 29.9 Å². The molecule has 0 radical (unpaired) electrons. The molecule has 0 aliphatic carbocycles. The number of halogens is 2. The molecule has 0 aliphatic heterocycles. The third-order valence-corrected chi connectivity index (χ3v) is 4.25. The molecule has 0 spiro atoms. The zero-order chi connectivity index (χ0) is 14.9. The van der Waals surface area contributed by atoms with E-state index in [-0.39, 0.29) is 12.2 Å². The quantitative estimate of drug-likeness (QED) is 0.674. The van der Waals surface area contributed by atoms with Gasteiger partial charge in [0.05, 0.1) is 22.8 Å². The number of aryl methyl sites for hydroxylation is 2. The maximum Gasteiger partial charge on any atom is 0.170 e. The standard InChI is InChI=1S/C14H15BrClN3O/c1-3-11-14(16)12(19(2)18-11)7-13(20)9-6-8(17)4-5-10(9)15/h4-6H,3,7,17H2,1-2H3. The molecule has 0 saturated heterocycles. The van der Waals surface area contributed by atoms with Crippen molar-refractivity contribution in [1.29, 1.82) is 0 Å². The average Bonchev–Trinajstić information content (AvgIpc) is 2.68. The van der Waals surface area contributed by atoms with Gasteiger partial charge in [-0.1, -0.05) is 34.5 Å². The fourth-order valence-electron chi connectivity index (χ4n) is 2.02. The molecule has 2 aromatic rings. The number of carbonyl (C=O) groups is 1. The molecule has 2 rings (SSSR count). The second-order valence-corrected chi connectivity index (χ2v) is 5.76. The van der Waals surface area contributed by atoms with Crippen molar-refractivity contribution in [3.63, 3.8) is 0 Å². The van der Waals surface area contributed by atoms with Gasteiger partial charge in [0.15, 0.2) is 5.78 Å². The van der Waals surface area contributed by atoms with Crippen molar-refractivity contribution in [2.75, 3.05) is 5.73 Å². The number of anilines is 1. The van der Waals surface area contributed by atoms with Crippen LogP contribution in [0.2, 0.25) is 5.02 Å². The summed E-state index contributed by atoms with van der Waals surface area (Å²) >= 11 is 9.63. The van der Waals surface area contributed by atoms with Crippen molar-refractivity contribution >= 4 is 39.0 Å². The Morgan fingerprint density at radius 3 is 2.80 bits per heavy atom. The van der Waals surface area contributed by atoms with E-state index in [4.69, 9.17) is 17.3 Å². The summed E-state index contributed by atoms with van der Waals surface area (Å²) in [5.41, 5.74) is 8.37. The number of benzene rings is 1. The van der Waals surface area contributed by atoms with E-state index in [0.29, 0.717) is 16.3 Å². The lowest BCUT2D eigenvalue weighted by Crippen LogP contribution is -2.09. The maximum absolute atomic E-state index is 12.4. The number of aromatic nitrogens is 2. The van der Waals surface area contributed by atoms with Gasteiger partial charge in [-0.05, 0) is 24.6 Å². The van der Waals surface area contributed by atoms with Crippen LogP contribution < -0.4 is 5.73 Å². The van der Waals surface area contributed by atoms with Crippen LogP contribution in [0.5, 0.6) is 0 Å². The first-order valence-corrected chi connectivity index (χ1v) is 7.39. The highest BCUT2D eigenvalue weighted by Gasteiger charge is 2.18. The minimum Gasteiger partial charge on any atom is -0.399 e. The number of rotatable bonds is 4. The number of Topliss-reactive ketones (excluding diaryl/α,β-unsaturated/α-hetero) is 1. The summed E-state index contributed by atoms with van der Waals surface area (Å²) in [6.07, 6.45) is 0.938. The van der Waals surface area contributed by atoms with E-state index in [2.05, 4.69) is 21.0 Å². The van der Waals surface area contributed by atoms with Crippen LogP contribution in [0.25, 0.3) is 0 Å². The number of carbonyl (C=O) groups excluding carboxylic acids is 1. The average molecular weight is 357 g/mol. The lowest BCUT2D eigenvalue weighted by atomic mass is 10.1. The van der Waals surface area contributed by atoms with Crippen LogP contribution in [0.15, 0.2) is 22.7 Å². The van der Waals surface area contributed by atoms with E-state index < -0.39 is 0 Å². The summed E-state index contributed by atoms with van der Waals surface area (Å²) in [6, 6.07) is 5.18. The molecule has 2 N–H and O–H groups in total. The first-order chi connectivity index (χ1) is 9.43. The Kier molecular flexibility index (Phi) is 4.50. The number of hydrogen-bond donors (Lipinski definition) is 1. The molecule has 1 aromatic carbocycles. The second-order valence-electron chi connectivity index (χ2n) is 4.52. The van der Waals surface area contributed by atoms with E-state index in [1.165, 1.54) is 0 Å². The fourth-order valence-corrected chi connectivity index (χ4v) is 2.84. The molecule has 4 nitrogen and oxygen atoms in total. The fraction of sp³-hybridized carbons (Fsp3) is 0.286. The normalized spacial score (nSPS) is 10.8. The van der Waals surface area contributed by atoms with Crippen LogP contribution in [0, 0.1) is 0 Å². The molecule has 1 aromatic heterocycles. The Bertz CT molecular complexity index is 667. The van der Waals surface area contributed by atoms with Gasteiger partial charge >= 0.3 is 0 Å². The van der Waals surface area contributed by atoms with E-state index in [0.717, 1.165) is 22.3 Å². The molecule has 0 aliphatic rings. The summed E-state index contributed by atoms with van der Waals surface area (Å²) < 4.78 is 2.39. The Balaban J connectivity index is 2.33. The smallest absolute Gasteiger partial charge is 0.170 e. The molecule has 1 heterocycles. The van der Waals surface area contributed by atoms with Crippen LogP contribution in [0.1, 0.15) is 28.7 Å². The molecular weight excluding hydrogens is 342 g/mol. The maximum atomic E-state index is 12.4. The summed E-state index contributed by atoms with van der Waals surface area (Å²) in [5.74, 6) is -0.0447. The highest BCUT2D eigenvalue weighted by Crippen LogP contribution is 2.25. The van der Waals surface area contributed by atoms with Crippen molar-refractivity contribution in [2.24, 2.45) is 7.05 Å². The molecule has 106 valence electrons. The molecule has 0 saturated carbocycles. The highest BCUT2D eigenvalue weighted by molar-refractivity contribution is 9.10. The predicted octanol–water partition coefficient (Wildman–Crippen LogP) is 3.41. The summed E-state index contributed by atoms with van der Waals surface area (Å²) in [7, 11) is 1.79. The van der Waals surface area contributed by atoms with Gasteiger partial charge in [-0.3, -0.25) is 9.48 Å². The number of nitrogen functional groups attached to an aromatic ring is 1. The van der Waals surface area contributed by atoms with Gasteiger partial charge < -0.3 is 5.73 Å². The summed E-state index contributed by atoms with van der Waals surface area (Å²) in [4.78, 5) is 12.4. The number of nitrogens with zero attached hydrogens (tertiary/aromatic N) is 2. The van der Waals surface area contributed by atoms with Gasteiger partial charge in [-0.15, -0.1) is 0 Å². The largest absolute Gasteiger partial charge is 0.399 e. The zero-order valence-corrected chi connectivity index (χ0v) is 13.6. The Morgan fingerprint density at radius 1 is 1.50 bits per heavy atom. The van der Waals surface area contributed by atoms with E-state index in [9.17, 15) is 4.79 Å². The lowest BCUT2D eigenvalue weighted by Gasteiger charge is -2.06. The first kappa shape index (κ1) is 15.1. The number of nitrogens with two attached hydrogens (primary N) is 1. The molecule has 0 atom stereocenters. The monoisotopic (exact) mass is 355 g/mol. The molecular formula is C14H15BrClN3O. The van der Waals surface area contributed by atoms with Crippen LogP contribution in [-0.2, 0) is 19.9 Å².